The average Bonchev–Trinajstić information content (AvgIpc) is 3.36. The predicted molar refractivity (Wildman–Crippen MR) is 118 cm³/mol. The first-order valence-corrected chi connectivity index (χ1v) is 10.5. The summed E-state index contributed by atoms with van der Waals surface area (Å²) in [6.45, 7) is 7.18. The van der Waals surface area contributed by atoms with Crippen LogP contribution in [-0.4, -0.2) is 49.4 Å². The fourth-order valence-electron chi connectivity index (χ4n) is 4.09. The van der Waals surface area contributed by atoms with Crippen molar-refractivity contribution in [3.8, 4) is 0 Å². The molecule has 5 rings (SSSR count). The van der Waals surface area contributed by atoms with Crippen LogP contribution in [0.2, 0.25) is 0 Å². The van der Waals surface area contributed by atoms with E-state index in [2.05, 4.69) is 5.10 Å². The van der Waals surface area contributed by atoms with E-state index in [0.717, 1.165) is 25.0 Å². The molecule has 1 fully saturated rings. The first kappa shape index (κ1) is 19.6. The predicted octanol–water partition coefficient (Wildman–Crippen LogP) is 3.00. The minimum Gasteiger partial charge on any atom is -0.480 e. The molecule has 9 heteroatoms. The second-order valence-corrected chi connectivity index (χ2v) is 7.66. The van der Waals surface area contributed by atoms with Crippen LogP contribution in [0.15, 0.2) is 34.2 Å². The molecule has 31 heavy (non-hydrogen) atoms. The Morgan fingerprint density at radius 1 is 1.23 bits per heavy atom. The van der Waals surface area contributed by atoms with E-state index >= 15 is 0 Å². The molecule has 1 atom stereocenters. The zero-order valence-electron chi connectivity index (χ0n) is 17.8. The quantitative estimate of drug-likeness (QED) is 0.372. The molecule has 3 aromatic heterocycles. The Labute approximate surface area is 178 Å². The minimum atomic E-state index is -0.157. The molecule has 1 aliphatic heterocycles. The summed E-state index contributed by atoms with van der Waals surface area (Å²) in [6, 6.07) is 7.57. The Morgan fingerprint density at radius 3 is 2.71 bits per heavy atom. The van der Waals surface area contributed by atoms with Gasteiger partial charge in [0.15, 0.2) is 11.3 Å². The highest BCUT2D eigenvalue weighted by molar-refractivity contribution is 6.04. The van der Waals surface area contributed by atoms with Crippen molar-refractivity contribution in [2.24, 2.45) is 5.10 Å². The Balaban J connectivity index is 1.83. The first-order valence-electron chi connectivity index (χ1n) is 10.5. The molecule has 9 nitrogen and oxygen atoms in total. The zero-order valence-corrected chi connectivity index (χ0v) is 17.8. The number of benzene rings is 1. The van der Waals surface area contributed by atoms with Crippen LogP contribution in [0.1, 0.15) is 32.5 Å². The van der Waals surface area contributed by atoms with Crippen LogP contribution in [0.3, 0.4) is 0 Å². The van der Waals surface area contributed by atoms with Gasteiger partial charge in [0, 0.05) is 13.5 Å². The van der Waals surface area contributed by atoms with Crippen molar-refractivity contribution in [3.63, 3.8) is 0 Å². The van der Waals surface area contributed by atoms with Gasteiger partial charge in [0.2, 0.25) is 5.90 Å². The number of hydrogen-bond donors (Lipinski definition) is 0. The van der Waals surface area contributed by atoms with Gasteiger partial charge < -0.3 is 9.47 Å². The maximum Gasteiger partial charge on any atom is 0.265 e. The van der Waals surface area contributed by atoms with E-state index < -0.39 is 0 Å². The van der Waals surface area contributed by atoms with Crippen molar-refractivity contribution >= 4 is 39.1 Å². The van der Waals surface area contributed by atoms with Gasteiger partial charge >= 0.3 is 0 Å². The molecule has 0 radical (unpaired) electrons. The van der Waals surface area contributed by atoms with E-state index in [9.17, 15) is 4.79 Å². The molecule has 1 aromatic carbocycles. The Morgan fingerprint density at radius 2 is 2.00 bits per heavy atom. The van der Waals surface area contributed by atoms with Gasteiger partial charge in [0.1, 0.15) is 16.7 Å². The summed E-state index contributed by atoms with van der Waals surface area (Å²) in [5.41, 5.74) is 2.67. The largest absolute Gasteiger partial charge is 0.480 e. The fraction of sp³-hybridized carbons (Fsp3) is 0.409. The molecule has 0 amide bonds. The van der Waals surface area contributed by atoms with Gasteiger partial charge in [-0.3, -0.25) is 9.36 Å². The van der Waals surface area contributed by atoms with Crippen molar-refractivity contribution in [1.29, 1.82) is 0 Å². The third kappa shape index (κ3) is 3.34. The van der Waals surface area contributed by atoms with E-state index in [-0.39, 0.29) is 11.7 Å². The average molecular weight is 420 g/mol. The van der Waals surface area contributed by atoms with Gasteiger partial charge in [-0.2, -0.15) is 4.68 Å². The van der Waals surface area contributed by atoms with Crippen LogP contribution >= 0.6 is 0 Å². The van der Waals surface area contributed by atoms with Crippen LogP contribution < -0.4 is 5.56 Å². The second-order valence-electron chi connectivity index (χ2n) is 7.66. The summed E-state index contributed by atoms with van der Waals surface area (Å²) >= 11 is 0. The Kier molecular flexibility index (Phi) is 4.90. The first-order chi connectivity index (χ1) is 15.1. The van der Waals surface area contributed by atoms with Crippen LogP contribution in [0.5, 0.6) is 0 Å². The number of ether oxygens (including phenoxy) is 2. The SMILES string of the molecule is CCO/C(C)=N\n1c2nc3ccccc3nc2c2c(=O)n(C[C@H]3CCCO3)c(C)nc21. The van der Waals surface area contributed by atoms with Crippen molar-refractivity contribution in [1.82, 2.24) is 24.2 Å². The molecule has 0 saturated carbocycles. The molecule has 1 saturated heterocycles. The van der Waals surface area contributed by atoms with Gasteiger partial charge in [0.25, 0.3) is 5.56 Å². The van der Waals surface area contributed by atoms with Crippen LogP contribution in [0, 0.1) is 6.92 Å². The molecular formula is C22H24N6O3. The molecular weight excluding hydrogens is 396 g/mol. The van der Waals surface area contributed by atoms with Crippen molar-refractivity contribution in [3.05, 3.63) is 40.4 Å². The summed E-state index contributed by atoms with van der Waals surface area (Å²) in [4.78, 5) is 27.9. The number of aryl methyl sites for hydroxylation is 1. The van der Waals surface area contributed by atoms with Crippen LogP contribution in [0.4, 0.5) is 0 Å². The lowest BCUT2D eigenvalue weighted by Gasteiger charge is -2.14. The molecule has 160 valence electrons. The van der Waals surface area contributed by atoms with Crippen molar-refractivity contribution in [2.75, 3.05) is 13.2 Å². The van der Waals surface area contributed by atoms with Crippen LogP contribution in [0.25, 0.3) is 33.2 Å². The van der Waals surface area contributed by atoms with E-state index in [1.165, 1.54) is 0 Å². The second kappa shape index (κ2) is 7.73. The van der Waals surface area contributed by atoms with E-state index in [0.29, 0.717) is 52.6 Å². The minimum absolute atomic E-state index is 0.0223. The summed E-state index contributed by atoms with van der Waals surface area (Å²) in [5.74, 6) is 1.06. The maximum atomic E-state index is 13.6. The van der Waals surface area contributed by atoms with Crippen molar-refractivity contribution in [2.45, 2.75) is 46.3 Å². The highest BCUT2D eigenvalue weighted by Gasteiger charge is 2.24. The van der Waals surface area contributed by atoms with Gasteiger partial charge in [-0.15, -0.1) is 5.10 Å². The van der Waals surface area contributed by atoms with E-state index in [4.69, 9.17) is 24.4 Å². The lowest BCUT2D eigenvalue weighted by Crippen LogP contribution is -2.29. The molecule has 0 aliphatic carbocycles. The molecule has 0 N–H and O–H groups in total. The van der Waals surface area contributed by atoms with E-state index in [1.54, 1.807) is 16.2 Å². The topological polar surface area (TPSA) is 96.4 Å². The standard InChI is InChI=1S/C22H24N6O3/c1-4-30-14(3)26-28-20-18(19-21(28)25-17-10-6-5-9-16(17)24-19)22(29)27(13(2)23-20)12-15-8-7-11-31-15/h5-6,9-10,15H,4,7-8,11-12H2,1-3H3/b26-14-/t15-/m1/s1. The number of hydrogen-bond acceptors (Lipinski definition) is 7. The summed E-state index contributed by atoms with van der Waals surface area (Å²) in [7, 11) is 0. The maximum absolute atomic E-state index is 13.6. The normalized spacial score (nSPS) is 17.3. The summed E-state index contributed by atoms with van der Waals surface area (Å²) in [6.07, 6.45) is 1.97. The third-order valence-corrected chi connectivity index (χ3v) is 5.54. The van der Waals surface area contributed by atoms with E-state index in [1.807, 2.05) is 38.1 Å². The highest BCUT2D eigenvalue weighted by Crippen LogP contribution is 2.26. The molecule has 4 aromatic rings. The molecule has 1 aliphatic rings. The smallest absolute Gasteiger partial charge is 0.265 e. The number of rotatable bonds is 4. The number of para-hydroxylation sites is 2. The van der Waals surface area contributed by atoms with Gasteiger partial charge in [0.05, 0.1) is 30.3 Å². The van der Waals surface area contributed by atoms with Gasteiger partial charge in [-0.05, 0) is 38.8 Å². The number of nitrogens with zero attached hydrogens (tertiary/aromatic N) is 6. The van der Waals surface area contributed by atoms with Crippen molar-refractivity contribution < 1.29 is 9.47 Å². The lowest BCUT2D eigenvalue weighted by molar-refractivity contribution is 0.0955. The molecule has 0 bridgehead atoms. The summed E-state index contributed by atoms with van der Waals surface area (Å²) in [5, 5.41) is 4.97. The fourth-order valence-corrected chi connectivity index (χ4v) is 4.09. The van der Waals surface area contributed by atoms with Gasteiger partial charge in [-0.25, -0.2) is 15.0 Å². The summed E-state index contributed by atoms with van der Waals surface area (Å²) < 4.78 is 14.5. The molecule has 0 spiro atoms. The highest BCUT2D eigenvalue weighted by atomic mass is 16.5. The third-order valence-electron chi connectivity index (χ3n) is 5.54. The number of fused-ring (bicyclic) bond motifs is 4. The molecule has 0 unspecified atom stereocenters. The Bertz CT molecular complexity index is 1380. The molecule has 4 heterocycles. The monoisotopic (exact) mass is 420 g/mol. The van der Waals surface area contributed by atoms with Crippen LogP contribution in [-0.2, 0) is 16.0 Å². The van der Waals surface area contributed by atoms with Gasteiger partial charge in [-0.1, -0.05) is 12.1 Å². The Hall–Kier alpha value is -3.33. The number of aromatic nitrogens is 5. The zero-order chi connectivity index (χ0) is 21.5. The lowest BCUT2D eigenvalue weighted by atomic mass is 10.2.